The summed E-state index contributed by atoms with van der Waals surface area (Å²) in [7, 11) is 1.98. The van der Waals surface area contributed by atoms with Crippen molar-refractivity contribution >= 4 is 5.69 Å². The first-order chi connectivity index (χ1) is 9.83. The Balaban J connectivity index is 1.62. The van der Waals surface area contributed by atoms with Crippen LogP contribution in [0.1, 0.15) is 12.8 Å². The van der Waals surface area contributed by atoms with Crippen molar-refractivity contribution in [3.63, 3.8) is 0 Å². The molecule has 3 atom stereocenters. The summed E-state index contributed by atoms with van der Waals surface area (Å²) in [6.07, 6.45) is 8.96. The molecular weight excluding hydrogens is 248 g/mol. The largest absolute Gasteiger partial charge is 0.381 e. The molecule has 1 heterocycles. The van der Waals surface area contributed by atoms with E-state index in [4.69, 9.17) is 0 Å². The van der Waals surface area contributed by atoms with Crippen molar-refractivity contribution in [1.29, 1.82) is 0 Å². The van der Waals surface area contributed by atoms with Gasteiger partial charge in [0.05, 0.1) is 0 Å². The molecule has 4 nitrogen and oxygen atoms in total. The summed E-state index contributed by atoms with van der Waals surface area (Å²) in [5, 5.41) is 11.9. The van der Waals surface area contributed by atoms with E-state index in [0.717, 1.165) is 23.0 Å². The Labute approximate surface area is 118 Å². The van der Waals surface area contributed by atoms with Crippen molar-refractivity contribution in [2.75, 3.05) is 5.32 Å². The number of allylic oxidation sites excluding steroid dienone is 1. The van der Waals surface area contributed by atoms with Gasteiger partial charge >= 0.3 is 0 Å². The highest BCUT2D eigenvalue weighted by Gasteiger charge is 2.41. The van der Waals surface area contributed by atoms with E-state index in [1.807, 2.05) is 17.7 Å². The van der Waals surface area contributed by atoms with Crippen LogP contribution in [0.2, 0.25) is 0 Å². The minimum atomic E-state index is 0.563. The van der Waals surface area contributed by atoms with Crippen LogP contribution < -0.4 is 5.32 Å². The van der Waals surface area contributed by atoms with Crippen LogP contribution >= 0.6 is 0 Å². The Morgan fingerprint density at radius 3 is 3.00 bits per heavy atom. The zero-order valence-corrected chi connectivity index (χ0v) is 11.5. The molecule has 102 valence electrons. The van der Waals surface area contributed by atoms with Crippen LogP contribution in [0.3, 0.4) is 0 Å². The molecule has 1 aromatic heterocycles. The van der Waals surface area contributed by atoms with E-state index >= 15 is 0 Å². The molecule has 4 heteroatoms. The van der Waals surface area contributed by atoms with Gasteiger partial charge in [-0.15, -0.1) is 10.2 Å². The Hall–Kier alpha value is -2.10. The maximum atomic E-state index is 4.22. The van der Waals surface area contributed by atoms with Crippen LogP contribution in [0, 0.1) is 11.8 Å². The lowest BCUT2D eigenvalue weighted by molar-refractivity contribution is 0.218. The van der Waals surface area contributed by atoms with E-state index in [0.29, 0.717) is 12.0 Å². The summed E-state index contributed by atoms with van der Waals surface area (Å²) in [5.41, 5.74) is 2.28. The molecule has 1 aromatic carbocycles. The molecule has 3 unspecified atom stereocenters. The average molecular weight is 266 g/mol. The predicted molar refractivity (Wildman–Crippen MR) is 79.2 cm³/mol. The number of hydrogen-bond acceptors (Lipinski definition) is 3. The number of nitrogens with one attached hydrogen (secondary N) is 1. The maximum absolute atomic E-state index is 4.22. The molecule has 0 spiro atoms. The molecule has 0 aliphatic heterocycles. The number of fused-ring (bicyclic) bond motifs is 1. The average Bonchev–Trinajstić information content (AvgIpc) is 3.03. The molecule has 2 aliphatic rings. The van der Waals surface area contributed by atoms with Crippen LogP contribution in [0.5, 0.6) is 0 Å². The Morgan fingerprint density at radius 2 is 2.20 bits per heavy atom. The lowest BCUT2D eigenvalue weighted by atomic mass is 9.71. The van der Waals surface area contributed by atoms with Gasteiger partial charge in [-0.05, 0) is 30.9 Å². The fraction of sp³-hybridized carbons (Fsp3) is 0.375. The normalized spacial score (nSPS) is 27.1. The molecule has 1 N–H and O–H groups in total. The molecule has 0 radical (unpaired) electrons. The quantitative estimate of drug-likeness (QED) is 0.869. The van der Waals surface area contributed by atoms with E-state index in [2.05, 4.69) is 45.9 Å². The molecule has 0 bridgehead atoms. The molecule has 1 saturated carbocycles. The molecule has 0 saturated heterocycles. The summed E-state index contributed by atoms with van der Waals surface area (Å²) < 4.78 is 1.96. The SMILES string of the molecule is Cn1cnnc1-c1ccccc1NC1CC2CC=CC21. The number of rotatable bonds is 3. The van der Waals surface area contributed by atoms with Crippen molar-refractivity contribution in [3.05, 3.63) is 42.7 Å². The van der Waals surface area contributed by atoms with E-state index in [-0.39, 0.29) is 0 Å². The Bertz CT molecular complexity index is 658. The second kappa shape index (κ2) is 4.47. The van der Waals surface area contributed by atoms with Crippen molar-refractivity contribution in [2.24, 2.45) is 18.9 Å². The topological polar surface area (TPSA) is 42.7 Å². The van der Waals surface area contributed by atoms with Gasteiger partial charge in [-0.1, -0.05) is 24.3 Å². The number of para-hydroxylation sites is 1. The lowest BCUT2D eigenvalue weighted by Crippen LogP contribution is -2.43. The smallest absolute Gasteiger partial charge is 0.165 e. The highest BCUT2D eigenvalue weighted by molar-refractivity contribution is 5.73. The van der Waals surface area contributed by atoms with Gasteiger partial charge in [-0.3, -0.25) is 0 Å². The number of anilines is 1. The van der Waals surface area contributed by atoms with Gasteiger partial charge in [0, 0.05) is 30.3 Å². The minimum Gasteiger partial charge on any atom is -0.381 e. The van der Waals surface area contributed by atoms with Crippen LogP contribution in [0.4, 0.5) is 5.69 Å². The van der Waals surface area contributed by atoms with Gasteiger partial charge in [0.1, 0.15) is 6.33 Å². The third-order valence-electron chi connectivity index (χ3n) is 4.58. The molecule has 2 aliphatic carbocycles. The van der Waals surface area contributed by atoms with Crippen LogP contribution in [0.15, 0.2) is 42.7 Å². The highest BCUT2D eigenvalue weighted by atomic mass is 15.2. The zero-order chi connectivity index (χ0) is 13.5. The molecule has 4 rings (SSSR count). The third-order valence-corrected chi connectivity index (χ3v) is 4.58. The summed E-state index contributed by atoms with van der Waals surface area (Å²) in [4.78, 5) is 0. The number of nitrogens with zero attached hydrogens (tertiary/aromatic N) is 3. The first kappa shape index (κ1) is 11.7. The lowest BCUT2D eigenvalue weighted by Gasteiger charge is -2.41. The van der Waals surface area contributed by atoms with Crippen LogP contribution in [-0.2, 0) is 7.05 Å². The van der Waals surface area contributed by atoms with Gasteiger partial charge in [-0.25, -0.2) is 0 Å². The number of aryl methyl sites for hydroxylation is 1. The second-order valence-corrected chi connectivity index (χ2v) is 5.80. The fourth-order valence-corrected chi connectivity index (χ4v) is 3.41. The van der Waals surface area contributed by atoms with Gasteiger partial charge in [0.15, 0.2) is 5.82 Å². The van der Waals surface area contributed by atoms with E-state index in [9.17, 15) is 0 Å². The minimum absolute atomic E-state index is 0.563. The Morgan fingerprint density at radius 1 is 1.30 bits per heavy atom. The molecule has 20 heavy (non-hydrogen) atoms. The number of hydrogen-bond donors (Lipinski definition) is 1. The van der Waals surface area contributed by atoms with Crippen molar-refractivity contribution in [2.45, 2.75) is 18.9 Å². The summed E-state index contributed by atoms with van der Waals surface area (Å²) in [6.45, 7) is 0. The fourth-order valence-electron chi connectivity index (χ4n) is 3.41. The van der Waals surface area contributed by atoms with E-state index < -0.39 is 0 Å². The Kier molecular flexibility index (Phi) is 2.62. The number of benzene rings is 1. The molecular formula is C16H18N4. The standard InChI is InChI=1S/C16H18N4/c1-20-10-17-19-16(20)13-6-2-3-8-14(13)18-15-9-11-5-4-7-12(11)15/h2-4,6-8,10-12,15,18H,5,9H2,1H3. The number of aromatic nitrogens is 3. The summed E-state index contributed by atoms with van der Waals surface area (Å²) in [6, 6.07) is 8.92. The van der Waals surface area contributed by atoms with Crippen LogP contribution in [0.25, 0.3) is 11.4 Å². The molecule has 0 amide bonds. The third kappa shape index (κ3) is 1.75. The van der Waals surface area contributed by atoms with Crippen molar-refractivity contribution in [1.82, 2.24) is 14.8 Å². The first-order valence-corrected chi connectivity index (χ1v) is 7.19. The molecule has 2 aromatic rings. The van der Waals surface area contributed by atoms with Gasteiger partial charge in [0.25, 0.3) is 0 Å². The summed E-state index contributed by atoms with van der Waals surface area (Å²) in [5.74, 6) is 2.49. The summed E-state index contributed by atoms with van der Waals surface area (Å²) >= 11 is 0. The van der Waals surface area contributed by atoms with E-state index in [1.54, 1.807) is 6.33 Å². The second-order valence-electron chi connectivity index (χ2n) is 5.80. The molecule has 1 fully saturated rings. The van der Waals surface area contributed by atoms with Gasteiger partial charge in [0.2, 0.25) is 0 Å². The van der Waals surface area contributed by atoms with Gasteiger partial charge in [-0.2, -0.15) is 0 Å². The van der Waals surface area contributed by atoms with Gasteiger partial charge < -0.3 is 9.88 Å². The maximum Gasteiger partial charge on any atom is 0.165 e. The highest BCUT2D eigenvalue weighted by Crippen LogP contribution is 2.44. The predicted octanol–water partition coefficient (Wildman–Crippen LogP) is 2.86. The van der Waals surface area contributed by atoms with Crippen molar-refractivity contribution < 1.29 is 0 Å². The van der Waals surface area contributed by atoms with Crippen molar-refractivity contribution in [3.8, 4) is 11.4 Å². The monoisotopic (exact) mass is 266 g/mol. The van der Waals surface area contributed by atoms with Crippen LogP contribution in [-0.4, -0.2) is 20.8 Å². The zero-order valence-electron chi connectivity index (χ0n) is 11.5. The van der Waals surface area contributed by atoms with E-state index in [1.165, 1.54) is 12.8 Å². The first-order valence-electron chi connectivity index (χ1n) is 7.19.